The number of hydrogen-bond acceptors (Lipinski definition) is 2. The molecule has 0 aliphatic rings. The van der Waals surface area contributed by atoms with Crippen molar-refractivity contribution in [1.29, 1.82) is 0 Å². The molecule has 2 rings (SSSR count). The van der Waals surface area contributed by atoms with Crippen molar-refractivity contribution in [2.45, 2.75) is 26.8 Å². The number of benzene rings is 2. The number of anilines is 1. The molecule has 0 heterocycles. The van der Waals surface area contributed by atoms with Crippen molar-refractivity contribution in [1.82, 2.24) is 5.32 Å². The van der Waals surface area contributed by atoms with Gasteiger partial charge >= 0.3 is 0 Å². The van der Waals surface area contributed by atoms with Crippen molar-refractivity contribution < 1.29 is 9.18 Å². The number of carbonyl (C=O) groups excluding carboxylic acids is 1. The first-order valence-electron chi connectivity index (χ1n) is 7.31. The first kappa shape index (κ1) is 16.0. The molecule has 1 unspecified atom stereocenters. The van der Waals surface area contributed by atoms with Gasteiger partial charge < -0.3 is 10.6 Å². The summed E-state index contributed by atoms with van der Waals surface area (Å²) in [6.45, 7) is 6.12. The maximum absolute atomic E-state index is 12.9. The quantitative estimate of drug-likeness (QED) is 0.883. The minimum atomic E-state index is -0.279. The molecule has 0 spiro atoms. The average molecular weight is 300 g/mol. The molecule has 0 aromatic heterocycles. The predicted molar refractivity (Wildman–Crippen MR) is 87.4 cm³/mol. The fourth-order valence-corrected chi connectivity index (χ4v) is 2.31. The van der Waals surface area contributed by atoms with Crippen LogP contribution in [0.2, 0.25) is 0 Å². The van der Waals surface area contributed by atoms with Crippen LogP contribution in [0.25, 0.3) is 0 Å². The summed E-state index contributed by atoms with van der Waals surface area (Å²) in [5, 5.41) is 6.03. The van der Waals surface area contributed by atoms with Gasteiger partial charge in [0.2, 0.25) is 5.91 Å². The van der Waals surface area contributed by atoms with E-state index in [4.69, 9.17) is 0 Å². The van der Waals surface area contributed by atoms with Gasteiger partial charge in [-0.05, 0) is 50.1 Å². The second kappa shape index (κ2) is 7.07. The highest BCUT2D eigenvalue weighted by molar-refractivity contribution is 5.81. The van der Waals surface area contributed by atoms with Gasteiger partial charge in [0.15, 0.2) is 0 Å². The Bertz CT molecular complexity index is 653. The van der Waals surface area contributed by atoms with Gasteiger partial charge in [0.05, 0.1) is 12.6 Å². The van der Waals surface area contributed by atoms with Crippen LogP contribution in [-0.4, -0.2) is 12.5 Å². The van der Waals surface area contributed by atoms with Gasteiger partial charge in [-0.3, -0.25) is 4.79 Å². The number of rotatable bonds is 5. The third-order valence-electron chi connectivity index (χ3n) is 3.57. The number of carbonyl (C=O) groups is 1. The Hall–Kier alpha value is -2.36. The van der Waals surface area contributed by atoms with Crippen LogP contribution in [-0.2, 0) is 4.79 Å². The second-order valence-electron chi connectivity index (χ2n) is 5.51. The van der Waals surface area contributed by atoms with Gasteiger partial charge in [0.1, 0.15) is 5.82 Å². The zero-order valence-corrected chi connectivity index (χ0v) is 13.1. The van der Waals surface area contributed by atoms with E-state index in [0.29, 0.717) is 0 Å². The molecule has 0 radical (unpaired) electrons. The summed E-state index contributed by atoms with van der Waals surface area (Å²) in [4.78, 5) is 12.0. The molecule has 1 atom stereocenters. The molecule has 2 aromatic carbocycles. The van der Waals surface area contributed by atoms with E-state index in [-0.39, 0.29) is 24.3 Å². The highest BCUT2D eigenvalue weighted by Crippen LogP contribution is 2.16. The highest BCUT2D eigenvalue weighted by atomic mass is 19.1. The van der Waals surface area contributed by atoms with Crippen LogP contribution in [0.4, 0.5) is 10.1 Å². The van der Waals surface area contributed by atoms with Gasteiger partial charge in [-0.1, -0.05) is 29.8 Å². The van der Waals surface area contributed by atoms with Crippen molar-refractivity contribution in [3.05, 3.63) is 65.0 Å². The molecule has 2 aromatic rings. The topological polar surface area (TPSA) is 41.1 Å². The molecule has 0 saturated heterocycles. The lowest BCUT2D eigenvalue weighted by molar-refractivity contribution is -0.120. The Morgan fingerprint density at radius 3 is 2.45 bits per heavy atom. The Kier molecular flexibility index (Phi) is 5.15. The molecule has 4 heteroatoms. The van der Waals surface area contributed by atoms with E-state index in [0.717, 1.165) is 16.8 Å². The van der Waals surface area contributed by atoms with E-state index in [9.17, 15) is 9.18 Å². The van der Waals surface area contributed by atoms with Crippen molar-refractivity contribution >= 4 is 11.6 Å². The number of hydrogen-bond donors (Lipinski definition) is 2. The van der Waals surface area contributed by atoms with Gasteiger partial charge in [-0.15, -0.1) is 0 Å². The Labute approximate surface area is 130 Å². The smallest absolute Gasteiger partial charge is 0.239 e. The maximum Gasteiger partial charge on any atom is 0.239 e. The van der Waals surface area contributed by atoms with Gasteiger partial charge in [0.25, 0.3) is 0 Å². The summed E-state index contributed by atoms with van der Waals surface area (Å²) < 4.78 is 12.9. The summed E-state index contributed by atoms with van der Waals surface area (Å²) in [6, 6.07) is 12.0. The van der Waals surface area contributed by atoms with E-state index >= 15 is 0 Å². The lowest BCUT2D eigenvalue weighted by atomic mass is 10.1. The largest absolute Gasteiger partial charge is 0.376 e. The molecule has 0 aliphatic carbocycles. The molecule has 3 nitrogen and oxygen atoms in total. The Morgan fingerprint density at radius 2 is 1.82 bits per heavy atom. The molecule has 22 heavy (non-hydrogen) atoms. The van der Waals surface area contributed by atoms with Crippen LogP contribution < -0.4 is 10.6 Å². The summed E-state index contributed by atoms with van der Waals surface area (Å²) in [5.74, 6) is -0.379. The van der Waals surface area contributed by atoms with Gasteiger partial charge in [-0.2, -0.15) is 0 Å². The monoisotopic (exact) mass is 300 g/mol. The van der Waals surface area contributed by atoms with E-state index in [1.807, 2.05) is 32.9 Å². The number of amides is 1. The van der Waals surface area contributed by atoms with Crippen LogP contribution >= 0.6 is 0 Å². The van der Waals surface area contributed by atoms with E-state index in [1.54, 1.807) is 12.1 Å². The van der Waals surface area contributed by atoms with Crippen molar-refractivity contribution in [2.24, 2.45) is 0 Å². The number of halogens is 1. The fourth-order valence-electron chi connectivity index (χ4n) is 2.31. The SMILES string of the molecule is Cc1ccc(NCC(=O)NC(C)c2ccc(F)cc2)c(C)c1. The van der Waals surface area contributed by atoms with E-state index in [1.165, 1.54) is 17.7 Å². The first-order valence-corrected chi connectivity index (χ1v) is 7.31. The standard InChI is InChI=1S/C18H21FN2O/c1-12-4-9-17(13(2)10-12)20-11-18(22)21-14(3)15-5-7-16(19)8-6-15/h4-10,14,20H,11H2,1-3H3,(H,21,22). The summed E-state index contributed by atoms with van der Waals surface area (Å²) in [7, 11) is 0. The molecular weight excluding hydrogens is 279 g/mol. The van der Waals surface area contributed by atoms with Crippen LogP contribution in [0.1, 0.15) is 29.7 Å². The molecular formula is C18H21FN2O. The van der Waals surface area contributed by atoms with E-state index < -0.39 is 0 Å². The van der Waals surface area contributed by atoms with Crippen molar-refractivity contribution in [3.63, 3.8) is 0 Å². The minimum absolute atomic E-state index is 0.100. The van der Waals surface area contributed by atoms with Gasteiger partial charge in [0, 0.05) is 5.69 Å². The average Bonchev–Trinajstić information content (AvgIpc) is 2.47. The molecule has 0 saturated carbocycles. The molecule has 0 aliphatic heterocycles. The highest BCUT2D eigenvalue weighted by Gasteiger charge is 2.09. The van der Waals surface area contributed by atoms with Gasteiger partial charge in [-0.25, -0.2) is 4.39 Å². The zero-order valence-electron chi connectivity index (χ0n) is 13.1. The van der Waals surface area contributed by atoms with Crippen molar-refractivity contribution in [3.8, 4) is 0 Å². The minimum Gasteiger partial charge on any atom is -0.376 e. The Morgan fingerprint density at radius 1 is 1.14 bits per heavy atom. The second-order valence-corrected chi connectivity index (χ2v) is 5.51. The van der Waals surface area contributed by atoms with Crippen LogP contribution in [0.5, 0.6) is 0 Å². The Balaban J connectivity index is 1.88. The molecule has 1 amide bonds. The van der Waals surface area contributed by atoms with Crippen LogP contribution in [0.15, 0.2) is 42.5 Å². The number of nitrogens with one attached hydrogen (secondary N) is 2. The summed E-state index contributed by atoms with van der Waals surface area (Å²) in [5.41, 5.74) is 4.13. The number of aryl methyl sites for hydroxylation is 2. The molecule has 2 N–H and O–H groups in total. The lowest BCUT2D eigenvalue weighted by Gasteiger charge is -2.15. The normalized spacial score (nSPS) is 11.8. The zero-order chi connectivity index (χ0) is 16.1. The molecule has 0 bridgehead atoms. The predicted octanol–water partition coefficient (Wildman–Crippen LogP) is 3.73. The summed E-state index contributed by atoms with van der Waals surface area (Å²) in [6.07, 6.45) is 0. The molecule has 0 fully saturated rings. The first-order chi connectivity index (χ1) is 10.5. The fraction of sp³-hybridized carbons (Fsp3) is 0.278. The molecule has 116 valence electrons. The van der Waals surface area contributed by atoms with Crippen LogP contribution in [0, 0.1) is 19.7 Å². The maximum atomic E-state index is 12.9. The van der Waals surface area contributed by atoms with Crippen LogP contribution in [0.3, 0.4) is 0 Å². The van der Waals surface area contributed by atoms with E-state index in [2.05, 4.69) is 16.7 Å². The third-order valence-corrected chi connectivity index (χ3v) is 3.57. The summed E-state index contributed by atoms with van der Waals surface area (Å²) >= 11 is 0. The third kappa shape index (κ3) is 4.32. The van der Waals surface area contributed by atoms with Crippen molar-refractivity contribution in [2.75, 3.05) is 11.9 Å². The lowest BCUT2D eigenvalue weighted by Crippen LogP contribution is -2.32.